The van der Waals surface area contributed by atoms with E-state index in [4.69, 9.17) is 11.6 Å². The lowest BCUT2D eigenvalue weighted by Crippen LogP contribution is -2.19. The van der Waals surface area contributed by atoms with Crippen molar-refractivity contribution in [1.82, 2.24) is 9.13 Å². The summed E-state index contributed by atoms with van der Waals surface area (Å²) in [5.41, 5.74) is 2.21. The van der Waals surface area contributed by atoms with Gasteiger partial charge in [-0.3, -0.25) is 9.13 Å². The van der Waals surface area contributed by atoms with E-state index in [9.17, 15) is 9.90 Å². The van der Waals surface area contributed by atoms with Crippen LogP contribution >= 0.6 is 38.9 Å². The molecule has 0 fully saturated rings. The summed E-state index contributed by atoms with van der Waals surface area (Å²) in [5, 5.41) is 10.5. The standard InChI is InChI=1S/C14H12BrClN2O2S/c1-17-9-5-7(13(19)11-3-4-12(16)21-11)8(15)6-10(9)18(2)14(17)20/h3-6,13,19H,1-2H3. The van der Waals surface area contributed by atoms with Crippen LogP contribution in [-0.4, -0.2) is 14.2 Å². The normalized spacial score (nSPS) is 13.0. The number of aliphatic hydroxyl groups is 1. The van der Waals surface area contributed by atoms with Crippen molar-refractivity contribution in [2.24, 2.45) is 14.1 Å². The van der Waals surface area contributed by atoms with Gasteiger partial charge < -0.3 is 5.11 Å². The van der Waals surface area contributed by atoms with Gasteiger partial charge >= 0.3 is 5.69 Å². The number of benzene rings is 1. The van der Waals surface area contributed by atoms with E-state index in [1.54, 1.807) is 35.4 Å². The van der Waals surface area contributed by atoms with E-state index in [0.717, 1.165) is 20.4 Å². The summed E-state index contributed by atoms with van der Waals surface area (Å²) in [6.45, 7) is 0. The Morgan fingerprint density at radius 1 is 1.24 bits per heavy atom. The summed E-state index contributed by atoms with van der Waals surface area (Å²) in [6.07, 6.45) is -0.781. The fourth-order valence-electron chi connectivity index (χ4n) is 2.37. The van der Waals surface area contributed by atoms with Gasteiger partial charge in [0.05, 0.1) is 15.4 Å². The zero-order valence-electron chi connectivity index (χ0n) is 11.3. The number of rotatable bonds is 2. The molecular formula is C14H12BrClN2O2S. The smallest absolute Gasteiger partial charge is 0.328 e. The number of hydrogen-bond acceptors (Lipinski definition) is 3. The summed E-state index contributed by atoms with van der Waals surface area (Å²) in [6, 6.07) is 7.25. The highest BCUT2D eigenvalue weighted by Gasteiger charge is 2.19. The molecule has 21 heavy (non-hydrogen) atoms. The van der Waals surface area contributed by atoms with Gasteiger partial charge in [-0.25, -0.2) is 4.79 Å². The first-order valence-electron chi connectivity index (χ1n) is 6.18. The first kappa shape index (κ1) is 14.8. The van der Waals surface area contributed by atoms with Gasteiger partial charge in [0.15, 0.2) is 0 Å². The van der Waals surface area contributed by atoms with E-state index < -0.39 is 6.10 Å². The molecule has 0 aliphatic rings. The van der Waals surface area contributed by atoms with Gasteiger partial charge in [0.2, 0.25) is 0 Å². The lowest BCUT2D eigenvalue weighted by Gasteiger charge is -2.12. The van der Waals surface area contributed by atoms with Gasteiger partial charge in [0.1, 0.15) is 6.10 Å². The first-order chi connectivity index (χ1) is 9.90. The molecule has 0 bridgehead atoms. The van der Waals surface area contributed by atoms with E-state index in [1.165, 1.54) is 11.3 Å². The Kier molecular flexibility index (Phi) is 3.73. The summed E-state index contributed by atoms with van der Waals surface area (Å²) in [5.74, 6) is 0. The largest absolute Gasteiger partial charge is 0.383 e. The van der Waals surface area contributed by atoms with Gasteiger partial charge in [0.25, 0.3) is 0 Å². The number of halogens is 2. The minimum atomic E-state index is -0.781. The maximum Gasteiger partial charge on any atom is 0.328 e. The van der Waals surface area contributed by atoms with E-state index in [2.05, 4.69) is 15.9 Å². The van der Waals surface area contributed by atoms with E-state index in [0.29, 0.717) is 9.90 Å². The summed E-state index contributed by atoms with van der Waals surface area (Å²) >= 11 is 10.7. The molecule has 3 aromatic rings. The van der Waals surface area contributed by atoms with Crippen molar-refractivity contribution in [1.29, 1.82) is 0 Å². The molecule has 110 valence electrons. The molecule has 0 saturated carbocycles. The predicted molar refractivity (Wildman–Crippen MR) is 89.3 cm³/mol. The molecule has 4 nitrogen and oxygen atoms in total. The maximum absolute atomic E-state index is 12.0. The Morgan fingerprint density at radius 2 is 1.86 bits per heavy atom. The molecule has 7 heteroatoms. The Morgan fingerprint density at radius 3 is 2.43 bits per heavy atom. The number of nitrogens with zero attached hydrogens (tertiary/aromatic N) is 2. The second-order valence-corrected chi connectivity index (χ2v) is 7.41. The van der Waals surface area contributed by atoms with E-state index in [1.807, 2.05) is 12.1 Å². The third-order valence-electron chi connectivity index (χ3n) is 3.55. The van der Waals surface area contributed by atoms with Gasteiger partial charge in [0, 0.05) is 29.0 Å². The van der Waals surface area contributed by atoms with Crippen molar-refractivity contribution < 1.29 is 5.11 Å². The lowest BCUT2D eigenvalue weighted by molar-refractivity contribution is 0.223. The van der Waals surface area contributed by atoms with Crippen LogP contribution in [-0.2, 0) is 14.1 Å². The minimum absolute atomic E-state index is 0.0947. The second kappa shape index (κ2) is 5.28. The number of thiophene rings is 1. The van der Waals surface area contributed by atoms with Crippen LogP contribution in [0.4, 0.5) is 0 Å². The molecule has 1 atom stereocenters. The average molecular weight is 388 g/mol. The first-order valence-corrected chi connectivity index (χ1v) is 8.17. The Bertz CT molecular complexity index is 896. The van der Waals surface area contributed by atoms with Crippen LogP contribution in [0.15, 0.2) is 33.5 Å². The van der Waals surface area contributed by atoms with Crippen molar-refractivity contribution >= 4 is 49.9 Å². The topological polar surface area (TPSA) is 47.2 Å². The summed E-state index contributed by atoms with van der Waals surface area (Å²) in [4.78, 5) is 12.8. The maximum atomic E-state index is 12.0. The molecule has 2 aromatic heterocycles. The third-order valence-corrected chi connectivity index (χ3v) is 5.52. The number of aliphatic hydroxyl groups excluding tert-OH is 1. The minimum Gasteiger partial charge on any atom is -0.383 e. The van der Waals surface area contributed by atoms with Crippen LogP contribution < -0.4 is 5.69 Å². The Balaban J connectivity index is 2.21. The van der Waals surface area contributed by atoms with Crippen LogP contribution in [0.25, 0.3) is 11.0 Å². The van der Waals surface area contributed by atoms with Gasteiger partial charge in [-0.15, -0.1) is 11.3 Å². The SMILES string of the molecule is Cn1c(=O)n(C)c2cc(C(O)c3ccc(Cl)s3)c(Br)cc21. The van der Waals surface area contributed by atoms with Crippen LogP contribution in [0.5, 0.6) is 0 Å². The van der Waals surface area contributed by atoms with Crippen molar-refractivity contribution in [3.05, 3.63) is 54.0 Å². The predicted octanol–water partition coefficient (Wildman–Crippen LogP) is 3.44. The highest BCUT2D eigenvalue weighted by Crippen LogP contribution is 2.35. The lowest BCUT2D eigenvalue weighted by atomic mass is 10.1. The van der Waals surface area contributed by atoms with Crippen molar-refractivity contribution in [2.75, 3.05) is 0 Å². The van der Waals surface area contributed by atoms with Crippen molar-refractivity contribution in [2.45, 2.75) is 6.10 Å². The van der Waals surface area contributed by atoms with Crippen LogP contribution in [0, 0.1) is 0 Å². The molecule has 1 unspecified atom stereocenters. The fraction of sp³-hybridized carbons (Fsp3) is 0.214. The molecule has 1 N–H and O–H groups in total. The van der Waals surface area contributed by atoms with Crippen molar-refractivity contribution in [3.8, 4) is 0 Å². The molecule has 0 aliphatic heterocycles. The molecule has 0 saturated heterocycles. The zero-order chi connectivity index (χ0) is 15.3. The molecule has 1 aromatic carbocycles. The van der Waals surface area contributed by atoms with Gasteiger partial charge in [-0.05, 0) is 24.3 Å². The molecule has 0 spiro atoms. The molecule has 0 aliphatic carbocycles. The fourth-order valence-corrected chi connectivity index (χ4v) is 3.99. The Hall–Kier alpha value is -1.08. The molecule has 3 rings (SSSR count). The molecule has 0 amide bonds. The van der Waals surface area contributed by atoms with E-state index in [-0.39, 0.29) is 5.69 Å². The number of fused-ring (bicyclic) bond motifs is 1. The van der Waals surface area contributed by atoms with Crippen LogP contribution in [0.1, 0.15) is 16.5 Å². The van der Waals surface area contributed by atoms with Crippen LogP contribution in [0.2, 0.25) is 4.34 Å². The van der Waals surface area contributed by atoms with Gasteiger partial charge in [-0.2, -0.15) is 0 Å². The average Bonchev–Trinajstić information content (AvgIpc) is 2.97. The highest BCUT2D eigenvalue weighted by atomic mass is 79.9. The molecule has 0 radical (unpaired) electrons. The van der Waals surface area contributed by atoms with E-state index >= 15 is 0 Å². The summed E-state index contributed by atoms with van der Waals surface area (Å²) < 4.78 is 4.54. The van der Waals surface area contributed by atoms with Crippen LogP contribution in [0.3, 0.4) is 0 Å². The monoisotopic (exact) mass is 386 g/mol. The second-order valence-electron chi connectivity index (χ2n) is 4.81. The quantitative estimate of drug-likeness (QED) is 0.732. The zero-order valence-corrected chi connectivity index (χ0v) is 14.5. The molecular weight excluding hydrogens is 376 g/mol. The molecule has 2 heterocycles. The summed E-state index contributed by atoms with van der Waals surface area (Å²) in [7, 11) is 3.45. The Labute approximate surface area is 138 Å². The van der Waals surface area contributed by atoms with Crippen molar-refractivity contribution in [3.63, 3.8) is 0 Å². The highest BCUT2D eigenvalue weighted by molar-refractivity contribution is 9.10. The number of hydrogen-bond donors (Lipinski definition) is 1. The number of aryl methyl sites for hydroxylation is 2. The number of imidazole rings is 1. The van der Waals surface area contributed by atoms with Gasteiger partial charge in [-0.1, -0.05) is 27.5 Å². The number of aromatic nitrogens is 2. The third kappa shape index (κ3) is 2.36.